The Morgan fingerprint density at radius 1 is 1.33 bits per heavy atom. The van der Waals surface area contributed by atoms with Gasteiger partial charge in [0, 0.05) is 25.7 Å². The second-order valence-corrected chi connectivity index (χ2v) is 5.24. The fraction of sp³-hybridized carbons (Fsp3) is 0.923. The van der Waals surface area contributed by atoms with E-state index >= 15 is 0 Å². The Labute approximate surface area is 109 Å². The first-order valence-corrected chi connectivity index (χ1v) is 7.00. The molecule has 18 heavy (non-hydrogen) atoms. The van der Waals surface area contributed by atoms with Gasteiger partial charge < -0.3 is 15.0 Å². The van der Waals surface area contributed by atoms with Crippen LogP contribution in [0.15, 0.2) is 0 Å². The molecule has 0 aliphatic carbocycles. The van der Waals surface area contributed by atoms with Crippen molar-refractivity contribution < 1.29 is 9.53 Å². The van der Waals surface area contributed by atoms with Crippen LogP contribution in [-0.4, -0.2) is 74.2 Å². The summed E-state index contributed by atoms with van der Waals surface area (Å²) in [6, 6.07) is 0.526. The Hall–Kier alpha value is -0.650. The van der Waals surface area contributed by atoms with Crippen molar-refractivity contribution >= 4 is 5.91 Å². The maximum absolute atomic E-state index is 12.4. The van der Waals surface area contributed by atoms with Crippen LogP contribution in [0.2, 0.25) is 0 Å². The summed E-state index contributed by atoms with van der Waals surface area (Å²) < 4.78 is 5.29. The number of carbonyl (C=O) groups excluding carboxylic acids is 1. The van der Waals surface area contributed by atoms with E-state index in [0.717, 1.165) is 26.2 Å². The van der Waals surface area contributed by atoms with Gasteiger partial charge in [0.25, 0.3) is 0 Å². The van der Waals surface area contributed by atoms with Crippen LogP contribution in [0.4, 0.5) is 0 Å². The maximum atomic E-state index is 12.4. The molecule has 0 aromatic heterocycles. The van der Waals surface area contributed by atoms with Gasteiger partial charge in [-0.15, -0.1) is 0 Å². The summed E-state index contributed by atoms with van der Waals surface area (Å²) in [5.41, 5.74) is 0. The van der Waals surface area contributed by atoms with E-state index in [2.05, 4.69) is 10.2 Å². The third-order valence-electron chi connectivity index (χ3n) is 4.09. The summed E-state index contributed by atoms with van der Waals surface area (Å²) in [5.74, 6) is 0.259. The third kappa shape index (κ3) is 3.22. The van der Waals surface area contributed by atoms with Gasteiger partial charge in [-0.25, -0.2) is 0 Å². The normalized spacial score (nSPS) is 28.1. The number of piperidine rings is 1. The van der Waals surface area contributed by atoms with Crippen LogP contribution >= 0.6 is 0 Å². The van der Waals surface area contributed by atoms with Crippen molar-refractivity contribution in [3.05, 3.63) is 0 Å². The first-order valence-electron chi connectivity index (χ1n) is 7.00. The minimum Gasteiger partial charge on any atom is -0.378 e. The van der Waals surface area contributed by atoms with E-state index in [0.29, 0.717) is 19.3 Å². The quantitative estimate of drug-likeness (QED) is 0.766. The number of hydrogen-bond acceptors (Lipinski definition) is 4. The highest BCUT2D eigenvalue weighted by atomic mass is 16.5. The summed E-state index contributed by atoms with van der Waals surface area (Å²) in [4.78, 5) is 16.7. The van der Waals surface area contributed by atoms with Crippen molar-refractivity contribution in [2.75, 3.05) is 46.4 Å². The van der Waals surface area contributed by atoms with Crippen molar-refractivity contribution in [2.24, 2.45) is 0 Å². The molecule has 2 unspecified atom stereocenters. The number of nitrogens with one attached hydrogen (secondary N) is 1. The van der Waals surface area contributed by atoms with E-state index in [-0.39, 0.29) is 11.9 Å². The molecule has 0 radical (unpaired) electrons. The maximum Gasteiger partial charge on any atom is 0.239 e. The molecule has 5 nitrogen and oxygen atoms in total. The Balaban J connectivity index is 1.88. The molecule has 2 saturated heterocycles. The van der Waals surface area contributed by atoms with Gasteiger partial charge in [0.2, 0.25) is 5.91 Å². The summed E-state index contributed by atoms with van der Waals surface area (Å²) >= 11 is 0. The lowest BCUT2D eigenvalue weighted by Crippen LogP contribution is -2.55. The van der Waals surface area contributed by atoms with Crippen LogP contribution in [-0.2, 0) is 9.53 Å². The summed E-state index contributed by atoms with van der Waals surface area (Å²) in [6.07, 6.45) is 2.39. The van der Waals surface area contributed by atoms with Gasteiger partial charge in [-0.2, -0.15) is 0 Å². The highest BCUT2D eigenvalue weighted by Crippen LogP contribution is 2.14. The lowest BCUT2D eigenvalue weighted by atomic mass is 10.0. The van der Waals surface area contributed by atoms with Crippen molar-refractivity contribution in [3.8, 4) is 0 Å². The van der Waals surface area contributed by atoms with Crippen LogP contribution < -0.4 is 5.32 Å². The number of ether oxygens (including phenoxy) is 1. The van der Waals surface area contributed by atoms with Gasteiger partial charge in [-0.1, -0.05) is 0 Å². The molecule has 1 N–H and O–H groups in total. The average Bonchev–Trinajstić information content (AvgIpc) is 2.46. The van der Waals surface area contributed by atoms with Gasteiger partial charge >= 0.3 is 0 Å². The first-order chi connectivity index (χ1) is 8.72. The number of likely N-dealkylation sites (tertiary alicyclic amines) is 1. The Bertz CT molecular complexity index is 279. The van der Waals surface area contributed by atoms with Crippen molar-refractivity contribution in [1.29, 1.82) is 0 Å². The van der Waals surface area contributed by atoms with Gasteiger partial charge in [0.15, 0.2) is 0 Å². The number of carbonyl (C=O) groups is 1. The molecule has 2 fully saturated rings. The van der Waals surface area contributed by atoms with Crippen LogP contribution in [0.5, 0.6) is 0 Å². The molecule has 0 bridgehead atoms. The van der Waals surface area contributed by atoms with Gasteiger partial charge in [-0.3, -0.25) is 9.69 Å². The van der Waals surface area contributed by atoms with Crippen molar-refractivity contribution in [3.63, 3.8) is 0 Å². The summed E-state index contributed by atoms with van der Waals surface area (Å²) in [6.45, 7) is 6.90. The number of likely N-dealkylation sites (N-methyl/N-ethyl adjacent to an activating group) is 1. The molecule has 5 heteroatoms. The molecular weight excluding hydrogens is 230 g/mol. The molecule has 2 atom stereocenters. The smallest absolute Gasteiger partial charge is 0.239 e. The zero-order chi connectivity index (χ0) is 13.0. The minimum absolute atomic E-state index is 0.000694. The van der Waals surface area contributed by atoms with E-state index in [1.165, 1.54) is 12.8 Å². The molecule has 2 aliphatic heterocycles. The number of morpholine rings is 1. The highest BCUT2D eigenvalue weighted by Gasteiger charge is 2.30. The number of hydrogen-bond donors (Lipinski definition) is 1. The van der Waals surface area contributed by atoms with Gasteiger partial charge in [-0.05, 0) is 33.4 Å². The Morgan fingerprint density at radius 3 is 2.72 bits per heavy atom. The van der Waals surface area contributed by atoms with E-state index in [9.17, 15) is 4.79 Å². The summed E-state index contributed by atoms with van der Waals surface area (Å²) in [7, 11) is 2.00. The van der Waals surface area contributed by atoms with Gasteiger partial charge in [0.1, 0.15) is 0 Å². The fourth-order valence-corrected chi connectivity index (χ4v) is 2.80. The highest BCUT2D eigenvalue weighted by molar-refractivity contribution is 5.81. The second-order valence-electron chi connectivity index (χ2n) is 5.24. The van der Waals surface area contributed by atoms with E-state index < -0.39 is 0 Å². The Kier molecular flexibility index (Phi) is 4.97. The molecule has 2 heterocycles. The van der Waals surface area contributed by atoms with Crippen molar-refractivity contribution in [2.45, 2.75) is 31.8 Å². The standard InChI is InChI=1S/C13H25N3O2/c1-11(13(17)15-6-8-18-9-7-15)16-5-3-4-12(10-16)14-2/h11-12,14H,3-10H2,1-2H3. The molecule has 2 rings (SSSR count). The van der Waals surface area contributed by atoms with E-state index in [1.807, 2.05) is 18.9 Å². The minimum atomic E-state index is -0.000694. The third-order valence-corrected chi connectivity index (χ3v) is 4.09. The largest absolute Gasteiger partial charge is 0.378 e. The average molecular weight is 255 g/mol. The molecule has 104 valence electrons. The predicted molar refractivity (Wildman–Crippen MR) is 70.5 cm³/mol. The molecule has 2 aliphatic rings. The molecular formula is C13H25N3O2. The SMILES string of the molecule is CNC1CCCN(C(C)C(=O)N2CCOCC2)C1. The van der Waals surface area contributed by atoms with E-state index in [4.69, 9.17) is 4.74 Å². The predicted octanol–water partition coefficient (Wildman–Crippen LogP) is -0.0825. The molecule has 0 saturated carbocycles. The van der Waals surface area contributed by atoms with Crippen LogP contribution in [0.3, 0.4) is 0 Å². The monoisotopic (exact) mass is 255 g/mol. The van der Waals surface area contributed by atoms with Crippen LogP contribution in [0.1, 0.15) is 19.8 Å². The molecule has 0 aromatic carbocycles. The Morgan fingerprint density at radius 2 is 2.06 bits per heavy atom. The zero-order valence-corrected chi connectivity index (χ0v) is 11.5. The lowest BCUT2D eigenvalue weighted by Gasteiger charge is -2.38. The molecule has 1 amide bonds. The molecule has 0 aromatic rings. The number of rotatable bonds is 3. The second kappa shape index (κ2) is 6.50. The first kappa shape index (κ1) is 13.8. The topological polar surface area (TPSA) is 44.8 Å². The number of nitrogens with zero attached hydrogens (tertiary/aromatic N) is 2. The fourth-order valence-electron chi connectivity index (χ4n) is 2.80. The van der Waals surface area contributed by atoms with E-state index in [1.54, 1.807) is 0 Å². The van der Waals surface area contributed by atoms with Crippen LogP contribution in [0.25, 0.3) is 0 Å². The number of amides is 1. The summed E-state index contributed by atoms with van der Waals surface area (Å²) in [5, 5.41) is 3.32. The van der Waals surface area contributed by atoms with Crippen molar-refractivity contribution in [1.82, 2.24) is 15.1 Å². The van der Waals surface area contributed by atoms with Gasteiger partial charge in [0.05, 0.1) is 19.3 Å². The molecule has 0 spiro atoms. The van der Waals surface area contributed by atoms with Crippen LogP contribution in [0, 0.1) is 0 Å². The lowest BCUT2D eigenvalue weighted by molar-refractivity contribution is -0.141. The zero-order valence-electron chi connectivity index (χ0n) is 11.5.